The molecule has 0 aliphatic carbocycles. The van der Waals surface area contributed by atoms with Gasteiger partial charge in [0, 0.05) is 9.52 Å². The molecular formula is C6H15Si. The maximum atomic E-state index is 3.97. The van der Waals surface area contributed by atoms with E-state index in [2.05, 4.69) is 20.4 Å². The predicted octanol–water partition coefficient (Wildman–Crippen LogP) is 1.56. The van der Waals surface area contributed by atoms with Crippen LogP contribution < -0.4 is 0 Å². The molecule has 0 nitrogen and oxygen atoms in total. The van der Waals surface area contributed by atoms with Crippen molar-refractivity contribution in [2.24, 2.45) is 0 Å². The first-order valence-corrected chi connectivity index (χ1v) is 4.96. The van der Waals surface area contributed by atoms with Crippen LogP contribution in [0, 0.1) is 6.55 Å². The molecule has 0 aromatic heterocycles. The van der Waals surface area contributed by atoms with E-state index in [4.69, 9.17) is 0 Å². The summed E-state index contributed by atoms with van der Waals surface area (Å²) >= 11 is 0. The van der Waals surface area contributed by atoms with Crippen LogP contribution in [0.25, 0.3) is 0 Å². The smallest absolute Gasteiger partial charge is 0.0228 e. The average molecular weight is 115 g/mol. The molecule has 0 amide bonds. The molecule has 0 heterocycles. The molecule has 0 saturated heterocycles. The summed E-state index contributed by atoms with van der Waals surface area (Å²) in [5, 5.41) is 0. The van der Waals surface area contributed by atoms with Gasteiger partial charge in [0.2, 0.25) is 0 Å². The van der Waals surface area contributed by atoms with Gasteiger partial charge in [-0.25, -0.2) is 0 Å². The van der Waals surface area contributed by atoms with Crippen LogP contribution in [0.1, 0.15) is 26.7 Å². The van der Waals surface area contributed by atoms with Gasteiger partial charge in [0.05, 0.1) is 0 Å². The van der Waals surface area contributed by atoms with Gasteiger partial charge in [0.15, 0.2) is 0 Å². The Bertz CT molecular complexity index is 25.7. The van der Waals surface area contributed by atoms with Crippen LogP contribution in [0.5, 0.6) is 0 Å². The van der Waals surface area contributed by atoms with Crippen LogP contribution in [-0.4, -0.2) is 9.52 Å². The van der Waals surface area contributed by atoms with E-state index < -0.39 is 0 Å². The maximum absolute atomic E-state index is 3.97. The molecule has 0 aromatic rings. The highest BCUT2D eigenvalue weighted by atomic mass is 28.2. The molecule has 0 saturated carbocycles. The summed E-state index contributed by atoms with van der Waals surface area (Å²) < 4.78 is 0. The van der Waals surface area contributed by atoms with Gasteiger partial charge in [-0.1, -0.05) is 38.8 Å². The Kier molecular flexibility index (Phi) is 4.51. The largest absolute Gasteiger partial charge is 0.0654 e. The fraction of sp³-hybridized carbons (Fsp3) is 0.833. The van der Waals surface area contributed by atoms with E-state index in [-0.39, 0.29) is 9.52 Å². The molecule has 0 aromatic carbocycles. The number of rotatable bonds is 3. The van der Waals surface area contributed by atoms with E-state index >= 15 is 0 Å². The summed E-state index contributed by atoms with van der Waals surface area (Å²) in [5.41, 5.74) is 1.01. The van der Waals surface area contributed by atoms with E-state index in [0.29, 0.717) is 0 Å². The zero-order valence-electron chi connectivity index (χ0n) is 5.41. The van der Waals surface area contributed by atoms with Crippen LogP contribution in [0.3, 0.4) is 0 Å². The summed E-state index contributed by atoms with van der Waals surface area (Å²) in [6, 6.07) is 0. The molecule has 1 heteroatoms. The first kappa shape index (κ1) is 7.22. The lowest BCUT2D eigenvalue weighted by Crippen LogP contribution is -1.95. The van der Waals surface area contributed by atoms with Gasteiger partial charge in [-0.15, -0.1) is 0 Å². The van der Waals surface area contributed by atoms with Crippen LogP contribution in [-0.2, 0) is 0 Å². The number of hydrogen-bond donors (Lipinski definition) is 0. The Hall–Kier alpha value is 0.217. The van der Waals surface area contributed by atoms with Gasteiger partial charge in [0.1, 0.15) is 0 Å². The zero-order valence-corrected chi connectivity index (χ0v) is 6.82. The Morgan fingerprint density at radius 2 is 1.86 bits per heavy atom. The summed E-state index contributed by atoms with van der Waals surface area (Å²) in [4.78, 5) is 0. The fourth-order valence-corrected chi connectivity index (χ4v) is 1.51. The number of hydrogen-bond acceptors (Lipinski definition) is 0. The zero-order chi connectivity index (χ0) is 5.70. The van der Waals surface area contributed by atoms with Gasteiger partial charge in [-0.3, -0.25) is 0 Å². The highest BCUT2D eigenvalue weighted by Crippen LogP contribution is 2.10. The summed E-state index contributed by atoms with van der Waals surface area (Å²) in [6.07, 6.45) is 2.71. The second-order valence-corrected chi connectivity index (χ2v) is 3.70. The van der Waals surface area contributed by atoms with Crippen molar-refractivity contribution in [2.75, 3.05) is 0 Å². The Labute approximate surface area is 49.1 Å². The lowest BCUT2D eigenvalue weighted by atomic mass is 10.3. The van der Waals surface area contributed by atoms with E-state index in [1.54, 1.807) is 0 Å². The third-order valence-electron chi connectivity index (χ3n) is 1.56. The van der Waals surface area contributed by atoms with Crippen molar-refractivity contribution in [3.63, 3.8) is 0 Å². The summed E-state index contributed by atoms with van der Waals surface area (Å²) in [7, 11) is 0.0779. The molecule has 0 fully saturated rings. The van der Waals surface area contributed by atoms with E-state index in [1.165, 1.54) is 12.8 Å². The monoisotopic (exact) mass is 115 g/mol. The van der Waals surface area contributed by atoms with Crippen molar-refractivity contribution < 1.29 is 0 Å². The molecule has 0 unspecified atom stereocenters. The van der Waals surface area contributed by atoms with Gasteiger partial charge < -0.3 is 0 Å². The first-order valence-electron chi connectivity index (χ1n) is 3.14. The van der Waals surface area contributed by atoms with Crippen molar-refractivity contribution in [3.05, 3.63) is 6.55 Å². The highest BCUT2D eigenvalue weighted by molar-refractivity contribution is 6.39. The first-order chi connectivity index (χ1) is 3.35. The van der Waals surface area contributed by atoms with Gasteiger partial charge >= 0.3 is 0 Å². The normalized spacial score (nSPS) is 12.0. The molecule has 43 valence electrons. The molecule has 0 spiro atoms. The highest BCUT2D eigenvalue weighted by Gasteiger charge is 1.96. The molecular weight excluding hydrogens is 100 g/mol. The van der Waals surface area contributed by atoms with Crippen LogP contribution in [0.4, 0.5) is 0 Å². The minimum Gasteiger partial charge on any atom is -0.0654 e. The van der Waals surface area contributed by atoms with E-state index in [0.717, 1.165) is 5.54 Å². The van der Waals surface area contributed by atoms with Crippen LogP contribution >= 0.6 is 0 Å². The minimum absolute atomic E-state index is 0.0779. The van der Waals surface area contributed by atoms with Gasteiger partial charge in [0.25, 0.3) is 0 Å². The van der Waals surface area contributed by atoms with E-state index in [9.17, 15) is 0 Å². The van der Waals surface area contributed by atoms with Crippen molar-refractivity contribution in [1.29, 1.82) is 0 Å². The standard InChI is InChI=1S/C6H15Si/c1-4-6(5-2)7-3/h6H,3-5,7H2,1-2H3. The molecule has 1 radical (unpaired) electrons. The van der Waals surface area contributed by atoms with Crippen LogP contribution in [0.2, 0.25) is 5.54 Å². The van der Waals surface area contributed by atoms with Gasteiger partial charge in [-0.2, -0.15) is 0 Å². The Balaban J connectivity index is 2.99. The molecule has 0 bridgehead atoms. The molecule has 7 heavy (non-hydrogen) atoms. The van der Waals surface area contributed by atoms with Crippen molar-refractivity contribution in [3.8, 4) is 0 Å². The molecule has 0 aliphatic heterocycles. The lowest BCUT2D eigenvalue weighted by Gasteiger charge is -2.04. The SMILES string of the molecule is [CH2][SiH2]C(CC)CC. The molecule has 0 N–H and O–H groups in total. The van der Waals surface area contributed by atoms with Crippen molar-refractivity contribution in [2.45, 2.75) is 32.2 Å². The third kappa shape index (κ3) is 2.86. The fourth-order valence-electron chi connectivity index (χ4n) is 0.697. The molecule has 0 rings (SSSR count). The lowest BCUT2D eigenvalue weighted by molar-refractivity contribution is 0.762. The van der Waals surface area contributed by atoms with Gasteiger partial charge in [-0.05, 0) is 0 Å². The summed E-state index contributed by atoms with van der Waals surface area (Å²) in [5.74, 6) is 0. The topological polar surface area (TPSA) is 0 Å². The maximum Gasteiger partial charge on any atom is 0.0228 e. The Morgan fingerprint density at radius 3 is 1.86 bits per heavy atom. The van der Waals surface area contributed by atoms with Crippen LogP contribution in [0.15, 0.2) is 0 Å². The Morgan fingerprint density at radius 1 is 1.43 bits per heavy atom. The quantitative estimate of drug-likeness (QED) is 0.490. The van der Waals surface area contributed by atoms with Crippen molar-refractivity contribution in [1.82, 2.24) is 0 Å². The van der Waals surface area contributed by atoms with Crippen molar-refractivity contribution >= 4 is 9.52 Å². The second-order valence-electron chi connectivity index (χ2n) is 1.97. The van der Waals surface area contributed by atoms with E-state index in [1.807, 2.05) is 0 Å². The molecule has 0 aliphatic rings. The summed E-state index contributed by atoms with van der Waals surface area (Å²) in [6.45, 7) is 8.48. The third-order valence-corrected chi connectivity index (χ3v) is 3.53. The average Bonchev–Trinajstić information content (AvgIpc) is 1.72. The second kappa shape index (κ2) is 4.38. The molecule has 0 atom stereocenters. The minimum atomic E-state index is 0.0779. The predicted molar refractivity (Wildman–Crippen MR) is 38.2 cm³/mol.